The number of thiophene rings is 1. The van der Waals surface area contributed by atoms with Crippen molar-refractivity contribution >= 4 is 34.3 Å². The summed E-state index contributed by atoms with van der Waals surface area (Å²) in [7, 11) is 1.94. The molecule has 1 N–H and O–H groups in total. The summed E-state index contributed by atoms with van der Waals surface area (Å²) in [6.45, 7) is 2.13. The summed E-state index contributed by atoms with van der Waals surface area (Å²) in [6.07, 6.45) is 1.01. The van der Waals surface area contributed by atoms with Crippen LogP contribution in [0.3, 0.4) is 0 Å². The van der Waals surface area contributed by atoms with Crippen molar-refractivity contribution in [1.29, 1.82) is 0 Å². The minimum absolute atomic E-state index is 0.293. The van der Waals surface area contributed by atoms with Gasteiger partial charge in [-0.2, -0.15) is 0 Å². The Bertz CT molecular complexity index is 462. The first-order valence-electron chi connectivity index (χ1n) is 5.01. The number of nitrogens with zero attached hydrogens (tertiary/aromatic N) is 2. The van der Waals surface area contributed by atoms with Crippen LogP contribution in [0.4, 0.5) is 0 Å². The second-order valence-electron chi connectivity index (χ2n) is 3.30. The van der Waals surface area contributed by atoms with E-state index in [9.17, 15) is 0 Å². The maximum atomic E-state index is 5.90. The van der Waals surface area contributed by atoms with E-state index < -0.39 is 0 Å². The molecular formula is C10H12ClN3S2. The van der Waals surface area contributed by atoms with Crippen LogP contribution < -0.4 is 5.32 Å². The van der Waals surface area contributed by atoms with Gasteiger partial charge >= 0.3 is 0 Å². The minimum atomic E-state index is 0.293. The molecule has 2 aromatic rings. The Kier molecular flexibility index (Phi) is 3.91. The molecular weight excluding hydrogens is 262 g/mol. The number of aromatic nitrogens is 2. The highest BCUT2D eigenvalue weighted by Gasteiger charge is 2.14. The van der Waals surface area contributed by atoms with E-state index in [1.54, 1.807) is 11.3 Å². The fourth-order valence-corrected chi connectivity index (χ4v) is 3.54. The molecule has 0 bridgehead atoms. The molecule has 0 saturated carbocycles. The van der Waals surface area contributed by atoms with Crippen molar-refractivity contribution in [2.45, 2.75) is 19.4 Å². The molecule has 3 nitrogen and oxygen atoms in total. The lowest BCUT2D eigenvalue weighted by Crippen LogP contribution is -2.14. The Morgan fingerprint density at radius 1 is 1.38 bits per heavy atom. The minimum Gasteiger partial charge on any atom is -0.311 e. The molecule has 0 aliphatic rings. The molecule has 0 fully saturated rings. The Balaban J connectivity index is 2.25. The Hall–Kier alpha value is -0.490. The molecule has 0 amide bonds. The highest BCUT2D eigenvalue weighted by atomic mass is 35.5. The number of hydrogen-bond acceptors (Lipinski definition) is 5. The smallest absolute Gasteiger partial charge is 0.157 e. The predicted octanol–water partition coefficient (Wildman–Crippen LogP) is 3.59. The molecule has 6 heteroatoms. The Morgan fingerprint density at radius 2 is 2.19 bits per heavy atom. The summed E-state index contributed by atoms with van der Waals surface area (Å²) in [5.41, 5.74) is 0. The second kappa shape index (κ2) is 5.23. The van der Waals surface area contributed by atoms with E-state index >= 15 is 0 Å². The zero-order valence-electron chi connectivity index (χ0n) is 9.03. The molecule has 16 heavy (non-hydrogen) atoms. The molecule has 1 atom stereocenters. The second-order valence-corrected chi connectivity index (χ2v) is 6.02. The SMILES string of the molecule is CCC(NC)c1nnc(-c2ccc(Cl)s2)s1. The topological polar surface area (TPSA) is 37.8 Å². The van der Waals surface area contributed by atoms with Crippen LogP contribution in [0.1, 0.15) is 24.4 Å². The lowest BCUT2D eigenvalue weighted by atomic mass is 10.2. The van der Waals surface area contributed by atoms with Gasteiger partial charge in [-0.05, 0) is 25.6 Å². The summed E-state index contributed by atoms with van der Waals surface area (Å²) in [5, 5.41) is 13.6. The molecule has 86 valence electrons. The molecule has 2 aromatic heterocycles. The van der Waals surface area contributed by atoms with Crippen LogP contribution in [-0.2, 0) is 0 Å². The first-order chi connectivity index (χ1) is 7.74. The van der Waals surface area contributed by atoms with Crippen molar-refractivity contribution in [1.82, 2.24) is 15.5 Å². The quantitative estimate of drug-likeness (QED) is 0.925. The van der Waals surface area contributed by atoms with E-state index in [0.717, 1.165) is 25.6 Å². The normalized spacial score (nSPS) is 12.9. The largest absolute Gasteiger partial charge is 0.311 e. The highest BCUT2D eigenvalue weighted by Crippen LogP contribution is 2.34. The summed E-state index contributed by atoms with van der Waals surface area (Å²) < 4.78 is 0.785. The van der Waals surface area contributed by atoms with Crippen molar-refractivity contribution in [2.75, 3.05) is 7.05 Å². The van der Waals surface area contributed by atoms with Crippen LogP contribution in [0, 0.1) is 0 Å². The lowest BCUT2D eigenvalue weighted by molar-refractivity contribution is 0.568. The average molecular weight is 274 g/mol. The standard InChI is InChI=1S/C10H12ClN3S2/c1-3-6(12-2)9-13-14-10(16-9)7-4-5-8(11)15-7/h4-6,12H,3H2,1-2H3. The van der Waals surface area contributed by atoms with Crippen molar-refractivity contribution in [2.24, 2.45) is 0 Å². The van der Waals surface area contributed by atoms with Gasteiger partial charge in [0.2, 0.25) is 0 Å². The number of rotatable bonds is 4. The van der Waals surface area contributed by atoms with Crippen molar-refractivity contribution in [3.8, 4) is 9.88 Å². The van der Waals surface area contributed by atoms with Gasteiger partial charge in [-0.3, -0.25) is 0 Å². The van der Waals surface area contributed by atoms with Crippen molar-refractivity contribution in [3.05, 3.63) is 21.5 Å². The van der Waals surface area contributed by atoms with Crippen LogP contribution >= 0.6 is 34.3 Å². The molecule has 0 spiro atoms. The van der Waals surface area contributed by atoms with Crippen molar-refractivity contribution < 1.29 is 0 Å². The van der Waals surface area contributed by atoms with Gasteiger partial charge in [0, 0.05) is 0 Å². The van der Waals surface area contributed by atoms with Crippen LogP contribution in [0.2, 0.25) is 4.34 Å². The number of halogens is 1. The average Bonchev–Trinajstić information content (AvgIpc) is 2.89. The maximum Gasteiger partial charge on any atom is 0.157 e. The first-order valence-corrected chi connectivity index (χ1v) is 7.02. The molecule has 1 unspecified atom stereocenters. The van der Waals surface area contributed by atoms with E-state index in [0.29, 0.717) is 6.04 Å². The van der Waals surface area contributed by atoms with Gasteiger partial charge in [0.1, 0.15) is 5.01 Å². The molecule has 2 rings (SSSR count). The molecule has 0 aliphatic heterocycles. The van der Waals surface area contributed by atoms with Crippen LogP contribution in [0.25, 0.3) is 9.88 Å². The third-order valence-corrected chi connectivity index (χ3v) is 4.72. The van der Waals surface area contributed by atoms with Crippen molar-refractivity contribution in [3.63, 3.8) is 0 Å². The summed E-state index contributed by atoms with van der Waals surface area (Å²) in [5.74, 6) is 0. The fourth-order valence-electron chi connectivity index (χ4n) is 1.41. The fraction of sp³-hybridized carbons (Fsp3) is 0.400. The highest BCUT2D eigenvalue weighted by molar-refractivity contribution is 7.23. The molecule has 0 radical (unpaired) electrons. The molecule has 0 aromatic carbocycles. The first kappa shape index (κ1) is 12.0. The van der Waals surface area contributed by atoms with Gasteiger partial charge < -0.3 is 5.32 Å². The lowest BCUT2D eigenvalue weighted by Gasteiger charge is -2.07. The van der Waals surface area contributed by atoms with Crippen LogP contribution in [0.15, 0.2) is 12.1 Å². The molecule has 0 aliphatic carbocycles. The van der Waals surface area contributed by atoms with Gasteiger partial charge in [-0.15, -0.1) is 21.5 Å². The van der Waals surface area contributed by atoms with E-state index in [4.69, 9.17) is 11.6 Å². The summed E-state index contributed by atoms with van der Waals surface area (Å²) in [4.78, 5) is 1.08. The maximum absolute atomic E-state index is 5.90. The van der Waals surface area contributed by atoms with E-state index in [1.807, 2.05) is 19.2 Å². The van der Waals surface area contributed by atoms with Gasteiger partial charge in [0.25, 0.3) is 0 Å². The van der Waals surface area contributed by atoms with Gasteiger partial charge in [0.05, 0.1) is 15.3 Å². The predicted molar refractivity (Wildman–Crippen MR) is 70.3 cm³/mol. The molecule has 2 heterocycles. The Labute approximate surface area is 107 Å². The summed E-state index contributed by atoms with van der Waals surface area (Å²) >= 11 is 9.05. The van der Waals surface area contributed by atoms with E-state index in [-0.39, 0.29) is 0 Å². The van der Waals surface area contributed by atoms with E-state index in [1.165, 1.54) is 11.3 Å². The Morgan fingerprint density at radius 3 is 2.75 bits per heavy atom. The zero-order valence-corrected chi connectivity index (χ0v) is 11.4. The molecule has 0 saturated heterocycles. The van der Waals surface area contributed by atoms with Gasteiger partial charge in [-0.1, -0.05) is 29.9 Å². The third-order valence-electron chi connectivity index (χ3n) is 2.28. The number of nitrogens with one attached hydrogen (secondary N) is 1. The number of hydrogen-bond donors (Lipinski definition) is 1. The monoisotopic (exact) mass is 273 g/mol. The van der Waals surface area contributed by atoms with E-state index in [2.05, 4.69) is 22.4 Å². The van der Waals surface area contributed by atoms with Gasteiger partial charge in [0.15, 0.2) is 5.01 Å². The van der Waals surface area contributed by atoms with Gasteiger partial charge in [-0.25, -0.2) is 0 Å². The summed E-state index contributed by atoms with van der Waals surface area (Å²) in [6, 6.07) is 4.16. The van der Waals surface area contributed by atoms with Crippen LogP contribution in [0.5, 0.6) is 0 Å². The zero-order chi connectivity index (χ0) is 11.5. The third kappa shape index (κ3) is 2.43. The van der Waals surface area contributed by atoms with Crippen LogP contribution in [-0.4, -0.2) is 17.2 Å².